The van der Waals surface area contributed by atoms with Crippen LogP contribution in [0.4, 0.5) is 5.69 Å². The van der Waals surface area contributed by atoms with Gasteiger partial charge in [-0.2, -0.15) is 0 Å². The minimum atomic E-state index is -0.659. The standard InChI is InChI=1S/C17H25NO2/c1-2-3-13-4-8-15(9-5-13)18-16-10-6-14(7-11-16)12-17(19)20/h4-5,8-9,14,16,18H,2-3,6-7,10-12H2,1H3,(H,19,20). The lowest BCUT2D eigenvalue weighted by Crippen LogP contribution is -2.27. The van der Waals surface area contributed by atoms with Crippen molar-refractivity contribution in [3.05, 3.63) is 29.8 Å². The SMILES string of the molecule is CCCc1ccc(NC2CCC(CC(=O)O)CC2)cc1. The van der Waals surface area contributed by atoms with Gasteiger partial charge in [-0.15, -0.1) is 0 Å². The van der Waals surface area contributed by atoms with Gasteiger partial charge in [-0.3, -0.25) is 4.79 Å². The molecule has 0 saturated heterocycles. The zero-order valence-corrected chi connectivity index (χ0v) is 12.3. The molecule has 0 amide bonds. The first-order valence-electron chi connectivity index (χ1n) is 7.74. The summed E-state index contributed by atoms with van der Waals surface area (Å²) in [6.07, 6.45) is 6.86. The molecule has 0 aromatic heterocycles. The first-order chi connectivity index (χ1) is 9.67. The van der Waals surface area contributed by atoms with Crippen molar-refractivity contribution in [3.8, 4) is 0 Å². The van der Waals surface area contributed by atoms with Crippen LogP contribution in [0.1, 0.15) is 51.0 Å². The van der Waals surface area contributed by atoms with Crippen molar-refractivity contribution in [2.24, 2.45) is 5.92 Å². The van der Waals surface area contributed by atoms with Crippen LogP contribution in [0.2, 0.25) is 0 Å². The van der Waals surface area contributed by atoms with Crippen LogP contribution in [0.25, 0.3) is 0 Å². The van der Waals surface area contributed by atoms with E-state index < -0.39 is 5.97 Å². The molecule has 20 heavy (non-hydrogen) atoms. The van der Waals surface area contributed by atoms with Crippen molar-refractivity contribution in [3.63, 3.8) is 0 Å². The molecule has 1 aliphatic rings. The predicted molar refractivity (Wildman–Crippen MR) is 82.1 cm³/mol. The van der Waals surface area contributed by atoms with Crippen molar-refractivity contribution in [2.75, 3.05) is 5.32 Å². The number of rotatable bonds is 6. The van der Waals surface area contributed by atoms with Gasteiger partial charge in [0.1, 0.15) is 0 Å². The Bertz CT molecular complexity index is 419. The molecule has 1 fully saturated rings. The van der Waals surface area contributed by atoms with Crippen LogP contribution in [-0.4, -0.2) is 17.1 Å². The molecule has 3 heteroatoms. The van der Waals surface area contributed by atoms with Crippen LogP contribution in [-0.2, 0) is 11.2 Å². The molecule has 0 aliphatic heterocycles. The smallest absolute Gasteiger partial charge is 0.303 e. The van der Waals surface area contributed by atoms with E-state index in [0.29, 0.717) is 18.4 Å². The van der Waals surface area contributed by atoms with Crippen molar-refractivity contribution < 1.29 is 9.90 Å². The molecule has 1 aliphatic carbocycles. The fraction of sp³-hybridized carbons (Fsp3) is 0.588. The van der Waals surface area contributed by atoms with Gasteiger partial charge in [0.2, 0.25) is 0 Å². The summed E-state index contributed by atoms with van der Waals surface area (Å²) in [5.41, 5.74) is 2.58. The van der Waals surface area contributed by atoms with Crippen LogP contribution >= 0.6 is 0 Å². The summed E-state index contributed by atoms with van der Waals surface area (Å²) in [7, 11) is 0. The fourth-order valence-corrected chi connectivity index (χ4v) is 3.05. The zero-order valence-electron chi connectivity index (χ0n) is 12.3. The van der Waals surface area contributed by atoms with E-state index in [2.05, 4.69) is 36.5 Å². The molecule has 2 rings (SSSR count). The number of anilines is 1. The second-order valence-electron chi connectivity index (χ2n) is 5.91. The largest absolute Gasteiger partial charge is 0.481 e. The summed E-state index contributed by atoms with van der Waals surface area (Å²) < 4.78 is 0. The summed E-state index contributed by atoms with van der Waals surface area (Å²) in [4.78, 5) is 10.7. The Labute approximate surface area is 121 Å². The maximum absolute atomic E-state index is 10.7. The molecule has 0 bridgehead atoms. The molecule has 0 atom stereocenters. The summed E-state index contributed by atoms with van der Waals surface area (Å²) in [6.45, 7) is 2.20. The Morgan fingerprint density at radius 1 is 1.20 bits per heavy atom. The quantitative estimate of drug-likeness (QED) is 0.822. The number of aryl methyl sites for hydroxylation is 1. The van der Waals surface area contributed by atoms with E-state index >= 15 is 0 Å². The lowest BCUT2D eigenvalue weighted by Gasteiger charge is -2.29. The molecule has 1 saturated carbocycles. The fourth-order valence-electron chi connectivity index (χ4n) is 3.05. The Kier molecular flexibility index (Phi) is 5.45. The molecule has 0 unspecified atom stereocenters. The molecule has 0 spiro atoms. The first-order valence-corrected chi connectivity index (χ1v) is 7.74. The molecule has 0 radical (unpaired) electrons. The maximum atomic E-state index is 10.7. The number of hydrogen-bond donors (Lipinski definition) is 2. The summed E-state index contributed by atoms with van der Waals surface area (Å²) in [5, 5.41) is 12.4. The number of hydrogen-bond acceptors (Lipinski definition) is 2. The Hall–Kier alpha value is -1.51. The lowest BCUT2D eigenvalue weighted by atomic mass is 9.84. The van der Waals surface area contributed by atoms with Crippen molar-refractivity contribution in [1.82, 2.24) is 0 Å². The van der Waals surface area contributed by atoms with Gasteiger partial charge in [0.05, 0.1) is 0 Å². The maximum Gasteiger partial charge on any atom is 0.303 e. The second-order valence-corrected chi connectivity index (χ2v) is 5.91. The molecule has 1 aromatic carbocycles. The van der Waals surface area contributed by atoms with Gasteiger partial charge in [-0.05, 0) is 55.7 Å². The Balaban J connectivity index is 1.78. The minimum absolute atomic E-state index is 0.332. The van der Waals surface area contributed by atoms with E-state index in [1.807, 2.05) is 0 Å². The van der Waals surface area contributed by atoms with Crippen LogP contribution < -0.4 is 5.32 Å². The number of nitrogens with one attached hydrogen (secondary N) is 1. The average Bonchev–Trinajstić information content (AvgIpc) is 2.43. The van der Waals surface area contributed by atoms with Gasteiger partial charge in [0.25, 0.3) is 0 Å². The number of carboxylic acids is 1. The van der Waals surface area contributed by atoms with Crippen LogP contribution in [0, 0.1) is 5.92 Å². The molecule has 0 heterocycles. The molecular weight excluding hydrogens is 250 g/mol. The highest BCUT2D eigenvalue weighted by Crippen LogP contribution is 2.28. The zero-order chi connectivity index (χ0) is 14.4. The monoisotopic (exact) mass is 275 g/mol. The molecule has 3 nitrogen and oxygen atoms in total. The van der Waals surface area contributed by atoms with E-state index in [1.165, 1.54) is 17.7 Å². The second kappa shape index (κ2) is 7.32. The third-order valence-electron chi connectivity index (χ3n) is 4.17. The van der Waals surface area contributed by atoms with E-state index in [1.54, 1.807) is 0 Å². The minimum Gasteiger partial charge on any atom is -0.481 e. The van der Waals surface area contributed by atoms with E-state index in [-0.39, 0.29) is 0 Å². The summed E-state index contributed by atoms with van der Waals surface area (Å²) in [6, 6.07) is 9.21. The lowest BCUT2D eigenvalue weighted by molar-refractivity contribution is -0.138. The van der Waals surface area contributed by atoms with E-state index in [0.717, 1.165) is 32.1 Å². The third kappa shape index (κ3) is 4.55. The van der Waals surface area contributed by atoms with Gasteiger partial charge < -0.3 is 10.4 Å². The van der Waals surface area contributed by atoms with Gasteiger partial charge >= 0.3 is 5.97 Å². The number of benzene rings is 1. The Morgan fingerprint density at radius 3 is 2.40 bits per heavy atom. The van der Waals surface area contributed by atoms with E-state index in [4.69, 9.17) is 5.11 Å². The molecule has 1 aromatic rings. The topological polar surface area (TPSA) is 49.3 Å². The predicted octanol–water partition coefficient (Wildman–Crippen LogP) is 4.08. The Morgan fingerprint density at radius 2 is 1.85 bits per heavy atom. The molecule has 110 valence electrons. The summed E-state index contributed by atoms with van der Waals surface area (Å²) >= 11 is 0. The highest BCUT2D eigenvalue weighted by molar-refractivity contribution is 5.67. The van der Waals surface area contributed by atoms with Gasteiger partial charge in [0.15, 0.2) is 0 Å². The van der Waals surface area contributed by atoms with E-state index in [9.17, 15) is 4.79 Å². The third-order valence-corrected chi connectivity index (χ3v) is 4.17. The van der Waals surface area contributed by atoms with Crippen molar-refractivity contribution in [1.29, 1.82) is 0 Å². The van der Waals surface area contributed by atoms with Crippen LogP contribution in [0.3, 0.4) is 0 Å². The van der Waals surface area contributed by atoms with Crippen molar-refractivity contribution >= 4 is 11.7 Å². The number of carbonyl (C=O) groups is 1. The van der Waals surface area contributed by atoms with Gasteiger partial charge in [-0.1, -0.05) is 25.5 Å². The normalized spacial score (nSPS) is 22.4. The number of carboxylic acid groups (broad SMARTS) is 1. The van der Waals surface area contributed by atoms with Crippen LogP contribution in [0.5, 0.6) is 0 Å². The average molecular weight is 275 g/mol. The highest BCUT2D eigenvalue weighted by Gasteiger charge is 2.22. The van der Waals surface area contributed by atoms with Gasteiger partial charge in [-0.25, -0.2) is 0 Å². The van der Waals surface area contributed by atoms with Gasteiger partial charge in [0, 0.05) is 18.2 Å². The molecule has 2 N–H and O–H groups in total. The number of aliphatic carboxylic acids is 1. The summed E-state index contributed by atoms with van der Waals surface area (Å²) in [5.74, 6) is -0.287. The van der Waals surface area contributed by atoms with Crippen molar-refractivity contribution in [2.45, 2.75) is 57.9 Å². The molecular formula is C17H25NO2. The highest BCUT2D eigenvalue weighted by atomic mass is 16.4. The first kappa shape index (κ1) is 14.9. The van der Waals surface area contributed by atoms with Crippen LogP contribution in [0.15, 0.2) is 24.3 Å².